The number of furan rings is 1. The third kappa shape index (κ3) is 4.34. The highest BCUT2D eigenvalue weighted by molar-refractivity contribution is 6.06. The van der Waals surface area contributed by atoms with Crippen molar-refractivity contribution in [2.75, 3.05) is 4.90 Å². The van der Waals surface area contributed by atoms with Crippen molar-refractivity contribution in [3.8, 4) is 33.4 Å². The summed E-state index contributed by atoms with van der Waals surface area (Å²) in [5.74, 6) is 0. The first-order valence-corrected chi connectivity index (χ1v) is 15.5. The van der Waals surface area contributed by atoms with E-state index < -0.39 is 0 Å². The van der Waals surface area contributed by atoms with Gasteiger partial charge in [-0.05, 0) is 106 Å². The quantitative estimate of drug-likeness (QED) is 0.203. The molecule has 0 amide bonds. The normalized spacial score (nSPS) is 11.9. The van der Waals surface area contributed by atoms with Gasteiger partial charge in [-0.1, -0.05) is 109 Å². The van der Waals surface area contributed by atoms with E-state index in [1.54, 1.807) is 0 Å². The molecule has 0 saturated carbocycles. The van der Waals surface area contributed by atoms with Gasteiger partial charge >= 0.3 is 0 Å². The minimum atomic E-state index is 0.912. The maximum atomic E-state index is 6.10. The number of para-hydroxylation sites is 2. The van der Waals surface area contributed by atoms with Crippen LogP contribution in [0.1, 0.15) is 11.1 Å². The summed E-state index contributed by atoms with van der Waals surface area (Å²) in [6.07, 6.45) is 0.979. The third-order valence-electron chi connectivity index (χ3n) is 9.12. The molecule has 0 N–H and O–H groups in total. The molecular formula is C43H29NO. The Morgan fingerprint density at radius 2 is 1.04 bits per heavy atom. The highest BCUT2D eigenvalue weighted by Gasteiger charge is 2.21. The monoisotopic (exact) mass is 575 g/mol. The molecule has 0 atom stereocenters. The van der Waals surface area contributed by atoms with Crippen molar-refractivity contribution >= 4 is 39.0 Å². The summed E-state index contributed by atoms with van der Waals surface area (Å²) in [5.41, 5.74) is 15.6. The molecule has 0 fully saturated rings. The van der Waals surface area contributed by atoms with Crippen molar-refractivity contribution in [2.45, 2.75) is 6.42 Å². The first-order valence-electron chi connectivity index (χ1n) is 15.5. The second-order valence-corrected chi connectivity index (χ2v) is 11.7. The van der Waals surface area contributed by atoms with Crippen LogP contribution in [0.2, 0.25) is 0 Å². The average molecular weight is 576 g/mol. The number of rotatable bonds is 5. The molecule has 0 bridgehead atoms. The summed E-state index contributed by atoms with van der Waals surface area (Å²) >= 11 is 0. The van der Waals surface area contributed by atoms with Gasteiger partial charge in [0.05, 0.1) is 0 Å². The fraction of sp³-hybridized carbons (Fsp3) is 0.0233. The lowest BCUT2D eigenvalue weighted by molar-refractivity contribution is 0.669. The highest BCUT2D eigenvalue weighted by Crippen LogP contribution is 2.43. The van der Waals surface area contributed by atoms with Gasteiger partial charge < -0.3 is 9.32 Å². The Kier molecular flexibility index (Phi) is 5.92. The summed E-state index contributed by atoms with van der Waals surface area (Å²) in [4.78, 5) is 2.34. The summed E-state index contributed by atoms with van der Waals surface area (Å²) in [6.45, 7) is 0. The molecule has 1 aliphatic carbocycles. The van der Waals surface area contributed by atoms with Crippen LogP contribution < -0.4 is 4.90 Å². The van der Waals surface area contributed by atoms with Gasteiger partial charge in [-0.2, -0.15) is 0 Å². The number of nitrogens with zero attached hydrogens (tertiary/aromatic N) is 1. The van der Waals surface area contributed by atoms with Crippen molar-refractivity contribution in [1.29, 1.82) is 0 Å². The van der Waals surface area contributed by atoms with Crippen LogP contribution >= 0.6 is 0 Å². The summed E-state index contributed by atoms with van der Waals surface area (Å²) in [5, 5.41) is 2.28. The molecule has 212 valence electrons. The minimum Gasteiger partial charge on any atom is -0.456 e. The third-order valence-corrected chi connectivity index (χ3v) is 9.12. The fourth-order valence-electron chi connectivity index (χ4n) is 6.97. The maximum Gasteiger partial charge on any atom is 0.135 e. The van der Waals surface area contributed by atoms with Crippen LogP contribution in [0.5, 0.6) is 0 Å². The number of hydrogen-bond acceptors (Lipinski definition) is 2. The molecule has 1 heterocycles. The molecule has 7 aromatic carbocycles. The molecule has 0 aliphatic heterocycles. The minimum absolute atomic E-state index is 0.912. The van der Waals surface area contributed by atoms with Gasteiger partial charge in [0.2, 0.25) is 0 Å². The molecule has 2 heteroatoms. The molecule has 0 unspecified atom stereocenters. The van der Waals surface area contributed by atoms with Gasteiger partial charge in [-0.15, -0.1) is 0 Å². The van der Waals surface area contributed by atoms with Crippen molar-refractivity contribution < 1.29 is 4.42 Å². The lowest BCUT2D eigenvalue weighted by Crippen LogP contribution is -2.09. The van der Waals surface area contributed by atoms with Crippen LogP contribution in [-0.4, -0.2) is 0 Å². The Labute approximate surface area is 262 Å². The van der Waals surface area contributed by atoms with Crippen LogP contribution in [-0.2, 0) is 6.42 Å². The van der Waals surface area contributed by atoms with Gasteiger partial charge in [0, 0.05) is 27.8 Å². The standard InChI is InChI=1S/C43H29NO/c1-2-12-33(13-3-1)44(34-23-20-29(21-24-34)36-17-9-18-38-37-15-5-4-10-32(37)28-40(36)38)35-14-8-11-30(26-35)31-22-25-43-41(27-31)39-16-6-7-19-42(39)45-43/h1-27H,28H2. The van der Waals surface area contributed by atoms with Gasteiger partial charge in [-0.3, -0.25) is 0 Å². The summed E-state index contributed by atoms with van der Waals surface area (Å²) < 4.78 is 6.10. The Morgan fingerprint density at radius 1 is 0.400 bits per heavy atom. The molecule has 1 aliphatic rings. The number of fused-ring (bicyclic) bond motifs is 6. The smallest absolute Gasteiger partial charge is 0.135 e. The fourth-order valence-corrected chi connectivity index (χ4v) is 6.97. The first kappa shape index (κ1) is 25.6. The Morgan fingerprint density at radius 3 is 1.96 bits per heavy atom. The number of anilines is 3. The van der Waals surface area contributed by atoms with Crippen LogP contribution in [0, 0.1) is 0 Å². The van der Waals surface area contributed by atoms with E-state index in [9.17, 15) is 0 Å². The zero-order chi connectivity index (χ0) is 29.7. The van der Waals surface area contributed by atoms with Crippen molar-refractivity contribution in [1.82, 2.24) is 0 Å². The molecule has 0 radical (unpaired) electrons. The van der Waals surface area contributed by atoms with Crippen LogP contribution in [0.3, 0.4) is 0 Å². The second kappa shape index (κ2) is 10.4. The molecule has 45 heavy (non-hydrogen) atoms. The van der Waals surface area contributed by atoms with E-state index in [-0.39, 0.29) is 0 Å². The summed E-state index contributed by atoms with van der Waals surface area (Å²) in [7, 11) is 0. The molecule has 8 aromatic rings. The van der Waals surface area contributed by atoms with Crippen molar-refractivity contribution in [3.05, 3.63) is 175 Å². The SMILES string of the molecule is c1ccc(N(c2ccc(-c3cccc4c3Cc3ccccc3-4)cc2)c2cccc(-c3ccc4oc5ccccc5c4c3)c2)cc1. The van der Waals surface area contributed by atoms with Crippen LogP contribution in [0.25, 0.3) is 55.3 Å². The van der Waals surface area contributed by atoms with E-state index in [1.807, 2.05) is 12.1 Å². The molecule has 9 rings (SSSR count). The lowest BCUT2D eigenvalue weighted by atomic mass is 9.95. The van der Waals surface area contributed by atoms with Gasteiger partial charge in [0.25, 0.3) is 0 Å². The summed E-state index contributed by atoms with van der Waals surface area (Å²) in [6, 6.07) is 58.7. The largest absolute Gasteiger partial charge is 0.456 e. The predicted molar refractivity (Wildman–Crippen MR) is 188 cm³/mol. The highest BCUT2D eigenvalue weighted by atomic mass is 16.3. The van der Waals surface area contributed by atoms with Gasteiger partial charge in [0.1, 0.15) is 11.2 Å². The van der Waals surface area contributed by atoms with Crippen LogP contribution in [0.15, 0.2) is 168 Å². The van der Waals surface area contributed by atoms with E-state index in [0.29, 0.717) is 0 Å². The first-order chi connectivity index (χ1) is 22.3. The van der Waals surface area contributed by atoms with E-state index in [2.05, 4.69) is 157 Å². The zero-order valence-electron chi connectivity index (χ0n) is 24.7. The number of hydrogen-bond donors (Lipinski definition) is 0. The lowest BCUT2D eigenvalue weighted by Gasteiger charge is -2.26. The topological polar surface area (TPSA) is 16.4 Å². The van der Waals surface area contributed by atoms with E-state index in [1.165, 1.54) is 33.4 Å². The van der Waals surface area contributed by atoms with Crippen molar-refractivity contribution in [2.24, 2.45) is 0 Å². The van der Waals surface area contributed by atoms with E-state index in [4.69, 9.17) is 4.42 Å². The van der Waals surface area contributed by atoms with Crippen LogP contribution in [0.4, 0.5) is 17.1 Å². The predicted octanol–water partition coefficient (Wildman–Crippen LogP) is 12.0. The Hall–Kier alpha value is -5.86. The molecule has 1 aromatic heterocycles. The molecule has 2 nitrogen and oxygen atoms in total. The molecular weight excluding hydrogens is 546 g/mol. The Bertz CT molecular complexity index is 2350. The molecule has 0 spiro atoms. The van der Waals surface area contributed by atoms with E-state index in [0.717, 1.165) is 56.5 Å². The van der Waals surface area contributed by atoms with Gasteiger partial charge in [-0.25, -0.2) is 0 Å². The van der Waals surface area contributed by atoms with Gasteiger partial charge in [0.15, 0.2) is 0 Å². The Balaban J connectivity index is 1.11. The maximum absolute atomic E-state index is 6.10. The second-order valence-electron chi connectivity index (χ2n) is 11.7. The number of benzene rings is 7. The van der Waals surface area contributed by atoms with Crippen molar-refractivity contribution in [3.63, 3.8) is 0 Å². The van der Waals surface area contributed by atoms with E-state index >= 15 is 0 Å². The average Bonchev–Trinajstić information content (AvgIpc) is 3.68. The zero-order valence-corrected chi connectivity index (χ0v) is 24.7. The molecule has 0 saturated heterocycles.